The molecule has 0 aliphatic carbocycles. The van der Waals surface area contributed by atoms with Gasteiger partial charge in [0.2, 0.25) is 17.7 Å². The number of benzene rings is 1. The fourth-order valence-electron chi connectivity index (χ4n) is 1.82. The van der Waals surface area contributed by atoms with E-state index in [0.29, 0.717) is 24.2 Å². The van der Waals surface area contributed by atoms with Gasteiger partial charge in [-0.15, -0.1) is 0 Å². The number of anilines is 1. The van der Waals surface area contributed by atoms with E-state index < -0.39 is 5.91 Å². The van der Waals surface area contributed by atoms with E-state index in [4.69, 9.17) is 11.5 Å². The van der Waals surface area contributed by atoms with E-state index in [1.54, 1.807) is 12.1 Å². The quantitative estimate of drug-likeness (QED) is 0.433. The number of nitrogens with one attached hydrogen (secondary N) is 2. The highest BCUT2D eigenvalue weighted by molar-refractivity contribution is 5.97. The first-order valence-corrected chi connectivity index (χ1v) is 7.11. The molecule has 0 aliphatic rings. The Morgan fingerprint density at radius 3 is 2.61 bits per heavy atom. The molecule has 1 rings (SSSR count). The summed E-state index contributed by atoms with van der Waals surface area (Å²) in [6.45, 7) is 2.01. The summed E-state index contributed by atoms with van der Waals surface area (Å²) in [5.41, 5.74) is 11.8. The van der Waals surface area contributed by atoms with Crippen molar-refractivity contribution >= 4 is 23.4 Å². The lowest BCUT2D eigenvalue weighted by atomic mass is 10.1. The molecule has 0 aromatic heterocycles. The molecule has 3 amide bonds. The van der Waals surface area contributed by atoms with Crippen molar-refractivity contribution < 1.29 is 14.4 Å². The molecule has 1 aromatic carbocycles. The molecule has 23 heavy (non-hydrogen) atoms. The second-order valence-electron chi connectivity index (χ2n) is 4.77. The molecule has 0 aliphatic heterocycles. The topological polar surface area (TPSA) is 127 Å². The molecule has 0 unspecified atom stereocenters. The van der Waals surface area contributed by atoms with Crippen molar-refractivity contribution in [3.63, 3.8) is 0 Å². The first-order valence-electron chi connectivity index (χ1n) is 7.11. The molecule has 6 N–H and O–H groups in total. The van der Waals surface area contributed by atoms with Crippen LogP contribution >= 0.6 is 0 Å². The number of carbonyl (C=O) groups is 3. The maximum Gasteiger partial charge on any atom is 0.249 e. The monoisotopic (exact) mass is 316 g/mol. The first kappa shape index (κ1) is 18.2. The molecule has 0 bridgehead atoms. The molecule has 0 spiro atoms. The van der Waals surface area contributed by atoms with E-state index in [1.165, 1.54) is 13.0 Å². The van der Waals surface area contributed by atoms with Crippen molar-refractivity contribution in [2.45, 2.75) is 19.8 Å². The van der Waals surface area contributed by atoms with Crippen molar-refractivity contribution in [1.82, 2.24) is 5.32 Å². The molecule has 0 saturated carbocycles. The number of primary amides is 1. The average Bonchev–Trinajstić information content (AvgIpc) is 2.49. The third-order valence-electron chi connectivity index (χ3n) is 2.85. The molecule has 0 fully saturated rings. The summed E-state index contributed by atoms with van der Waals surface area (Å²) in [4.78, 5) is 33.9. The van der Waals surface area contributed by atoms with Crippen LogP contribution in [0.5, 0.6) is 0 Å². The number of amides is 3. The standard InChI is InChI=1S/C16H20N4O3/c1-11(21)19-9-3-5-15(22)20-13-6-7-14(16(18)23)12(10-13)4-2-8-17/h6-7,10H,3,5,8-9,17H2,1H3,(H2,18,23)(H,19,21)(H,20,22). The van der Waals surface area contributed by atoms with Gasteiger partial charge >= 0.3 is 0 Å². The Morgan fingerprint density at radius 1 is 1.26 bits per heavy atom. The van der Waals surface area contributed by atoms with Crippen LogP contribution in [0, 0.1) is 11.8 Å². The Balaban J connectivity index is 2.71. The average molecular weight is 316 g/mol. The van der Waals surface area contributed by atoms with Gasteiger partial charge in [-0.05, 0) is 24.6 Å². The smallest absolute Gasteiger partial charge is 0.249 e. The fourth-order valence-corrected chi connectivity index (χ4v) is 1.82. The van der Waals surface area contributed by atoms with Gasteiger partial charge in [0.25, 0.3) is 0 Å². The summed E-state index contributed by atoms with van der Waals surface area (Å²) in [7, 11) is 0. The highest BCUT2D eigenvalue weighted by Crippen LogP contribution is 2.15. The van der Waals surface area contributed by atoms with E-state index in [0.717, 1.165) is 0 Å². The van der Waals surface area contributed by atoms with Gasteiger partial charge in [-0.3, -0.25) is 14.4 Å². The van der Waals surface area contributed by atoms with E-state index in [9.17, 15) is 14.4 Å². The van der Waals surface area contributed by atoms with Crippen molar-refractivity contribution in [3.8, 4) is 11.8 Å². The number of rotatable bonds is 6. The number of carbonyl (C=O) groups excluding carboxylic acids is 3. The largest absolute Gasteiger partial charge is 0.366 e. The van der Waals surface area contributed by atoms with Crippen LogP contribution < -0.4 is 22.1 Å². The lowest BCUT2D eigenvalue weighted by Gasteiger charge is -2.08. The van der Waals surface area contributed by atoms with Crippen molar-refractivity contribution in [3.05, 3.63) is 29.3 Å². The van der Waals surface area contributed by atoms with Crippen LogP contribution in [-0.4, -0.2) is 30.8 Å². The Labute approximate surface area is 134 Å². The zero-order valence-corrected chi connectivity index (χ0v) is 12.9. The van der Waals surface area contributed by atoms with Crippen LogP contribution in [0.4, 0.5) is 5.69 Å². The Bertz CT molecular complexity index is 659. The molecule has 0 heterocycles. The molecule has 1 aromatic rings. The van der Waals surface area contributed by atoms with Gasteiger partial charge in [0, 0.05) is 31.1 Å². The maximum atomic E-state index is 11.8. The second-order valence-corrected chi connectivity index (χ2v) is 4.77. The Hall–Kier alpha value is -2.85. The third kappa shape index (κ3) is 6.63. The van der Waals surface area contributed by atoms with E-state index in [1.807, 2.05) is 0 Å². The van der Waals surface area contributed by atoms with Gasteiger partial charge in [0.1, 0.15) is 0 Å². The molecule has 7 nitrogen and oxygen atoms in total. The molecule has 122 valence electrons. The predicted molar refractivity (Wildman–Crippen MR) is 87.4 cm³/mol. The molecule has 0 atom stereocenters. The summed E-state index contributed by atoms with van der Waals surface area (Å²) in [5.74, 6) is 4.49. The van der Waals surface area contributed by atoms with Gasteiger partial charge in [-0.25, -0.2) is 0 Å². The maximum absolute atomic E-state index is 11.8. The minimum absolute atomic E-state index is 0.129. The SMILES string of the molecule is CC(=O)NCCCC(=O)Nc1ccc(C(N)=O)c(C#CCN)c1. The lowest BCUT2D eigenvalue weighted by molar-refractivity contribution is -0.119. The van der Waals surface area contributed by atoms with Crippen LogP contribution in [0.1, 0.15) is 35.7 Å². The molecule has 0 radical (unpaired) electrons. The third-order valence-corrected chi connectivity index (χ3v) is 2.85. The van der Waals surface area contributed by atoms with Crippen molar-refractivity contribution in [2.75, 3.05) is 18.4 Å². The number of hydrogen-bond acceptors (Lipinski definition) is 4. The molecule has 7 heteroatoms. The first-order chi connectivity index (χ1) is 10.9. The van der Waals surface area contributed by atoms with Crippen LogP contribution in [-0.2, 0) is 9.59 Å². The van der Waals surface area contributed by atoms with Crippen LogP contribution in [0.3, 0.4) is 0 Å². The summed E-state index contributed by atoms with van der Waals surface area (Å²) in [6, 6.07) is 4.67. The highest BCUT2D eigenvalue weighted by atomic mass is 16.2. The molecular weight excluding hydrogens is 296 g/mol. The van der Waals surface area contributed by atoms with Crippen molar-refractivity contribution in [2.24, 2.45) is 11.5 Å². The van der Waals surface area contributed by atoms with Gasteiger partial charge < -0.3 is 22.1 Å². The van der Waals surface area contributed by atoms with Gasteiger partial charge in [-0.2, -0.15) is 0 Å². The normalized spacial score (nSPS) is 9.48. The number of nitrogens with two attached hydrogens (primary N) is 2. The van der Waals surface area contributed by atoms with Crippen molar-refractivity contribution in [1.29, 1.82) is 0 Å². The predicted octanol–water partition coefficient (Wildman–Crippen LogP) is -0.0495. The second kappa shape index (κ2) is 9.23. The van der Waals surface area contributed by atoms with Crippen LogP contribution in [0.25, 0.3) is 0 Å². The fraction of sp³-hybridized carbons (Fsp3) is 0.312. The minimum Gasteiger partial charge on any atom is -0.366 e. The molecule has 0 saturated heterocycles. The summed E-state index contributed by atoms with van der Waals surface area (Å²) < 4.78 is 0. The van der Waals surface area contributed by atoms with E-state index in [-0.39, 0.29) is 30.3 Å². The summed E-state index contributed by atoms with van der Waals surface area (Å²) >= 11 is 0. The van der Waals surface area contributed by atoms with Gasteiger partial charge in [-0.1, -0.05) is 11.8 Å². The minimum atomic E-state index is -0.598. The molecular formula is C16H20N4O3. The van der Waals surface area contributed by atoms with E-state index >= 15 is 0 Å². The van der Waals surface area contributed by atoms with Crippen LogP contribution in [0.15, 0.2) is 18.2 Å². The van der Waals surface area contributed by atoms with Gasteiger partial charge in [0.15, 0.2) is 0 Å². The zero-order valence-electron chi connectivity index (χ0n) is 12.9. The zero-order chi connectivity index (χ0) is 17.2. The Kier molecular flexibility index (Phi) is 7.30. The highest BCUT2D eigenvalue weighted by Gasteiger charge is 2.09. The Morgan fingerprint density at radius 2 is 2.00 bits per heavy atom. The summed E-state index contributed by atoms with van der Waals surface area (Å²) in [6.07, 6.45) is 0.798. The van der Waals surface area contributed by atoms with Gasteiger partial charge in [0.05, 0.1) is 12.1 Å². The van der Waals surface area contributed by atoms with E-state index in [2.05, 4.69) is 22.5 Å². The number of hydrogen-bond donors (Lipinski definition) is 4. The van der Waals surface area contributed by atoms with Crippen LogP contribution in [0.2, 0.25) is 0 Å². The lowest BCUT2D eigenvalue weighted by Crippen LogP contribution is -2.22. The summed E-state index contributed by atoms with van der Waals surface area (Å²) in [5, 5.41) is 5.33.